The number of ketones is 1. The monoisotopic (exact) mass is 588 g/mol. The summed E-state index contributed by atoms with van der Waals surface area (Å²) in [6.07, 6.45) is 3.98. The van der Waals surface area contributed by atoms with Crippen molar-refractivity contribution >= 4 is 29.4 Å². The van der Waals surface area contributed by atoms with Gasteiger partial charge in [-0.1, -0.05) is 57.0 Å². The number of carbonyl (C=O) groups excluding carboxylic acids is 3. The number of hydrogen-bond donors (Lipinski definition) is 2. The quantitative estimate of drug-likeness (QED) is 0.181. The summed E-state index contributed by atoms with van der Waals surface area (Å²) in [6.45, 7) is 5.36. The van der Waals surface area contributed by atoms with Crippen molar-refractivity contribution in [3.05, 3.63) is 41.3 Å². The van der Waals surface area contributed by atoms with Crippen LogP contribution in [0.15, 0.2) is 33.9 Å². The summed E-state index contributed by atoms with van der Waals surface area (Å²) in [5.41, 5.74) is 0.347. The first kappa shape index (κ1) is 32.7. The summed E-state index contributed by atoms with van der Waals surface area (Å²) in [5, 5.41) is 16.0. The van der Waals surface area contributed by atoms with E-state index in [1.54, 1.807) is 24.3 Å². The third-order valence-corrected chi connectivity index (χ3v) is 7.94. The molecule has 2 N–H and O–H groups in total. The topological polar surface area (TPSA) is 130 Å². The summed E-state index contributed by atoms with van der Waals surface area (Å²) >= 11 is 1.38. The van der Waals surface area contributed by atoms with Crippen LogP contribution in [-0.4, -0.2) is 89.9 Å². The van der Waals surface area contributed by atoms with Gasteiger partial charge >= 0.3 is 0 Å². The standard InChI is InChI=1S/C29H44N6O5S/c1-20(2)18-23(24(36)26-32-33-28(40-26)41-17-16-34(3)4)30-27(38)29(14-8-7-9-15-29)31-25(37)22-12-10-21(11-13-22)19-35(5)39-6/h10-13,20,23H,7-9,14-19H2,1-6H3,(H,30,38)(H,31,37). The molecule has 0 aliphatic heterocycles. The smallest absolute Gasteiger partial charge is 0.286 e. The second-order valence-corrected chi connectivity index (χ2v) is 12.4. The van der Waals surface area contributed by atoms with E-state index in [2.05, 4.69) is 20.8 Å². The number of nitrogens with zero attached hydrogens (tertiary/aromatic N) is 4. The maximum absolute atomic E-state index is 13.9. The van der Waals surface area contributed by atoms with Gasteiger partial charge in [-0.3, -0.25) is 14.4 Å². The Hall–Kier alpha value is -2.80. The summed E-state index contributed by atoms with van der Waals surface area (Å²) < 4.78 is 5.65. The summed E-state index contributed by atoms with van der Waals surface area (Å²) in [5.74, 6) is -0.366. The first-order valence-corrected chi connectivity index (χ1v) is 15.1. The predicted molar refractivity (Wildman–Crippen MR) is 157 cm³/mol. The number of benzene rings is 1. The van der Waals surface area contributed by atoms with E-state index in [4.69, 9.17) is 9.25 Å². The highest BCUT2D eigenvalue weighted by Gasteiger charge is 2.43. The molecule has 0 spiro atoms. The highest BCUT2D eigenvalue weighted by molar-refractivity contribution is 7.99. The second-order valence-electron chi connectivity index (χ2n) is 11.3. The molecule has 1 atom stereocenters. The van der Waals surface area contributed by atoms with E-state index in [-0.39, 0.29) is 23.6 Å². The highest BCUT2D eigenvalue weighted by atomic mass is 32.2. The van der Waals surface area contributed by atoms with Crippen LogP contribution in [0.1, 0.15) is 79.0 Å². The SMILES string of the molecule is CON(C)Cc1ccc(C(=O)NC2(C(=O)NC(CC(C)C)C(=O)c3nnc(SCCN(C)C)o3)CCCCC2)cc1. The lowest BCUT2D eigenvalue weighted by Gasteiger charge is -2.37. The average molecular weight is 589 g/mol. The number of hydroxylamine groups is 2. The Morgan fingerprint density at radius 3 is 2.37 bits per heavy atom. The van der Waals surface area contributed by atoms with Gasteiger partial charge in [0.2, 0.25) is 11.7 Å². The molecule has 1 aromatic carbocycles. The summed E-state index contributed by atoms with van der Waals surface area (Å²) in [7, 11) is 7.37. The van der Waals surface area contributed by atoms with Crippen molar-refractivity contribution < 1.29 is 23.6 Å². The Kier molecular flexibility index (Phi) is 12.3. The molecule has 0 bridgehead atoms. The van der Waals surface area contributed by atoms with Crippen molar-refractivity contribution in [1.82, 2.24) is 30.8 Å². The number of thioether (sulfide) groups is 1. The summed E-state index contributed by atoms with van der Waals surface area (Å²) in [4.78, 5) is 47.8. The van der Waals surface area contributed by atoms with Gasteiger partial charge in [0.1, 0.15) is 5.54 Å². The number of carbonyl (C=O) groups is 3. The zero-order valence-electron chi connectivity index (χ0n) is 25.1. The molecule has 2 aromatic rings. The zero-order valence-corrected chi connectivity index (χ0v) is 25.9. The van der Waals surface area contributed by atoms with Crippen LogP contribution < -0.4 is 10.6 Å². The fraction of sp³-hybridized carbons (Fsp3) is 0.621. The number of Topliss-reactive ketones (excluding diaryl/α,β-unsaturated/α-hetero) is 1. The van der Waals surface area contributed by atoms with Crippen LogP contribution in [0.5, 0.6) is 0 Å². The molecule has 2 amide bonds. The third kappa shape index (κ3) is 9.63. The molecule has 226 valence electrons. The van der Waals surface area contributed by atoms with Crippen molar-refractivity contribution in [3.8, 4) is 0 Å². The van der Waals surface area contributed by atoms with Gasteiger partial charge in [0.05, 0.1) is 13.2 Å². The van der Waals surface area contributed by atoms with E-state index in [0.29, 0.717) is 36.6 Å². The van der Waals surface area contributed by atoms with Gasteiger partial charge in [-0.05, 0) is 57.0 Å². The van der Waals surface area contributed by atoms with E-state index in [0.717, 1.165) is 37.1 Å². The van der Waals surface area contributed by atoms with Crippen molar-refractivity contribution in [3.63, 3.8) is 0 Å². The van der Waals surface area contributed by atoms with Crippen molar-refractivity contribution in [2.75, 3.05) is 40.6 Å². The van der Waals surface area contributed by atoms with Crippen LogP contribution in [0.4, 0.5) is 0 Å². The van der Waals surface area contributed by atoms with Crippen LogP contribution >= 0.6 is 11.8 Å². The Labute approximate surface area is 247 Å². The largest absolute Gasteiger partial charge is 0.408 e. The molecule has 41 heavy (non-hydrogen) atoms. The normalized spacial score (nSPS) is 15.7. The predicted octanol–water partition coefficient (Wildman–Crippen LogP) is 3.56. The van der Waals surface area contributed by atoms with E-state index >= 15 is 0 Å². The highest BCUT2D eigenvalue weighted by Crippen LogP contribution is 2.30. The van der Waals surface area contributed by atoms with Crippen molar-refractivity contribution in [2.24, 2.45) is 5.92 Å². The molecule has 1 aliphatic carbocycles. The van der Waals surface area contributed by atoms with E-state index in [1.807, 2.05) is 52.0 Å². The Balaban J connectivity index is 1.74. The molecule has 0 radical (unpaired) electrons. The Morgan fingerprint density at radius 2 is 1.76 bits per heavy atom. The van der Waals surface area contributed by atoms with E-state index < -0.39 is 17.4 Å². The summed E-state index contributed by atoms with van der Waals surface area (Å²) in [6, 6.07) is 6.38. The maximum Gasteiger partial charge on any atom is 0.286 e. The molecule has 1 unspecified atom stereocenters. The number of amides is 2. The van der Waals surface area contributed by atoms with Crippen molar-refractivity contribution in [2.45, 2.75) is 75.7 Å². The molecule has 11 nitrogen and oxygen atoms in total. The first-order valence-electron chi connectivity index (χ1n) is 14.2. The Morgan fingerprint density at radius 1 is 1.07 bits per heavy atom. The van der Waals surface area contributed by atoms with Gasteiger partial charge in [0.15, 0.2) is 0 Å². The van der Waals surface area contributed by atoms with Crippen LogP contribution in [-0.2, 0) is 16.2 Å². The van der Waals surface area contributed by atoms with Gasteiger partial charge in [0.25, 0.3) is 17.0 Å². The van der Waals surface area contributed by atoms with Gasteiger partial charge in [-0.15, -0.1) is 10.2 Å². The average Bonchev–Trinajstić information content (AvgIpc) is 3.41. The second kappa shape index (κ2) is 15.4. The van der Waals surface area contributed by atoms with Gasteiger partial charge in [-0.2, -0.15) is 5.06 Å². The maximum atomic E-state index is 13.9. The molecule has 1 aromatic heterocycles. The molecule has 1 heterocycles. The minimum absolute atomic E-state index is 0.119. The number of rotatable bonds is 15. The molecular formula is C29H44N6O5S. The Bertz CT molecular complexity index is 1150. The number of hydrogen-bond acceptors (Lipinski definition) is 10. The fourth-order valence-corrected chi connectivity index (χ4v) is 5.64. The lowest BCUT2D eigenvalue weighted by molar-refractivity contribution is -0.129. The number of aromatic nitrogens is 2. The van der Waals surface area contributed by atoms with E-state index in [9.17, 15) is 14.4 Å². The fourth-order valence-electron chi connectivity index (χ4n) is 4.77. The van der Waals surface area contributed by atoms with Crippen LogP contribution in [0.25, 0.3) is 0 Å². The molecular weight excluding hydrogens is 544 g/mol. The van der Waals surface area contributed by atoms with Crippen LogP contribution in [0.2, 0.25) is 0 Å². The van der Waals surface area contributed by atoms with Gasteiger partial charge in [0, 0.05) is 31.5 Å². The van der Waals surface area contributed by atoms with Crippen molar-refractivity contribution in [1.29, 1.82) is 0 Å². The van der Waals surface area contributed by atoms with E-state index in [1.165, 1.54) is 11.8 Å². The molecule has 1 aliphatic rings. The molecule has 1 saturated carbocycles. The first-order chi connectivity index (χ1) is 19.5. The minimum Gasteiger partial charge on any atom is -0.408 e. The number of nitrogens with one attached hydrogen (secondary N) is 2. The molecule has 0 saturated heterocycles. The van der Waals surface area contributed by atoms with Crippen LogP contribution in [0, 0.1) is 5.92 Å². The lowest BCUT2D eigenvalue weighted by Crippen LogP contribution is -2.62. The third-order valence-electron chi connectivity index (χ3n) is 7.14. The minimum atomic E-state index is -1.11. The molecule has 3 rings (SSSR count). The molecule has 1 fully saturated rings. The van der Waals surface area contributed by atoms with Gasteiger partial charge in [-0.25, -0.2) is 0 Å². The van der Waals surface area contributed by atoms with Gasteiger partial charge < -0.3 is 24.8 Å². The zero-order chi connectivity index (χ0) is 30.0. The lowest BCUT2D eigenvalue weighted by atomic mass is 9.80. The molecule has 12 heteroatoms. The van der Waals surface area contributed by atoms with Crippen LogP contribution in [0.3, 0.4) is 0 Å².